The maximum Gasteiger partial charge on any atom is 0.229 e. The van der Waals surface area contributed by atoms with Crippen LogP contribution in [0.1, 0.15) is 48.5 Å². The van der Waals surface area contributed by atoms with Crippen molar-refractivity contribution in [3.05, 3.63) is 47.1 Å². The summed E-state index contributed by atoms with van der Waals surface area (Å²) in [6, 6.07) is 8.87. The predicted octanol–water partition coefficient (Wildman–Crippen LogP) is 2.82. The first kappa shape index (κ1) is 13.3. The Morgan fingerprint density at radius 1 is 1.35 bits per heavy atom. The van der Waals surface area contributed by atoms with E-state index in [0.29, 0.717) is 12.0 Å². The van der Waals surface area contributed by atoms with Crippen LogP contribution in [-0.2, 0) is 6.42 Å². The molecule has 1 saturated heterocycles. The molecule has 2 heterocycles. The van der Waals surface area contributed by atoms with Crippen molar-refractivity contribution in [1.82, 2.24) is 15.5 Å². The maximum atomic E-state index is 5.48. The van der Waals surface area contributed by atoms with Gasteiger partial charge in [0.05, 0.1) is 0 Å². The molecule has 4 heteroatoms. The molecule has 4 nitrogen and oxygen atoms in total. The zero-order valence-electron chi connectivity index (χ0n) is 12.1. The van der Waals surface area contributed by atoms with E-state index in [0.717, 1.165) is 37.5 Å². The number of piperidine rings is 1. The number of hydrogen-bond donors (Lipinski definition) is 1. The van der Waals surface area contributed by atoms with Gasteiger partial charge < -0.3 is 9.84 Å². The Morgan fingerprint density at radius 2 is 2.20 bits per heavy atom. The lowest BCUT2D eigenvalue weighted by atomic mass is 9.93. The third-order valence-electron chi connectivity index (χ3n) is 4.07. The zero-order chi connectivity index (χ0) is 13.9. The standard InChI is InChI=1S/C16H21N3O/c1-11-5-3-4-6-13(11)10-15-18-16(20-19-15)14-7-8-17-12(2)9-14/h3-6,12,14,17H,7-10H2,1-2H3. The Hall–Kier alpha value is -1.68. The van der Waals surface area contributed by atoms with Gasteiger partial charge in [0.25, 0.3) is 0 Å². The smallest absolute Gasteiger partial charge is 0.229 e. The Labute approximate surface area is 119 Å². The number of nitrogens with one attached hydrogen (secondary N) is 1. The minimum Gasteiger partial charge on any atom is -0.339 e. The number of aryl methyl sites for hydroxylation is 1. The molecule has 1 aliphatic heterocycles. The van der Waals surface area contributed by atoms with Crippen molar-refractivity contribution in [3.63, 3.8) is 0 Å². The lowest BCUT2D eigenvalue weighted by molar-refractivity contribution is 0.294. The SMILES string of the molecule is Cc1ccccc1Cc1noc(C2CCNC(C)C2)n1. The van der Waals surface area contributed by atoms with Gasteiger partial charge in [0, 0.05) is 18.4 Å². The predicted molar refractivity (Wildman–Crippen MR) is 77.7 cm³/mol. The van der Waals surface area contributed by atoms with Gasteiger partial charge in [-0.05, 0) is 44.4 Å². The second-order valence-electron chi connectivity index (χ2n) is 5.73. The summed E-state index contributed by atoms with van der Waals surface area (Å²) < 4.78 is 5.48. The quantitative estimate of drug-likeness (QED) is 0.932. The number of aromatic nitrogens is 2. The van der Waals surface area contributed by atoms with Crippen LogP contribution < -0.4 is 5.32 Å². The minimum absolute atomic E-state index is 0.407. The highest BCUT2D eigenvalue weighted by molar-refractivity contribution is 5.28. The largest absolute Gasteiger partial charge is 0.339 e. The van der Waals surface area contributed by atoms with Gasteiger partial charge in [0.2, 0.25) is 5.89 Å². The molecule has 20 heavy (non-hydrogen) atoms. The average molecular weight is 271 g/mol. The Kier molecular flexibility index (Phi) is 3.83. The average Bonchev–Trinajstić information content (AvgIpc) is 2.90. The summed E-state index contributed by atoms with van der Waals surface area (Å²) in [5.74, 6) is 2.01. The van der Waals surface area contributed by atoms with Crippen LogP contribution in [-0.4, -0.2) is 22.7 Å². The van der Waals surface area contributed by atoms with Crippen molar-refractivity contribution in [2.45, 2.75) is 45.1 Å². The molecule has 106 valence electrons. The number of rotatable bonds is 3. The minimum atomic E-state index is 0.407. The second kappa shape index (κ2) is 5.75. The van der Waals surface area contributed by atoms with E-state index in [1.807, 2.05) is 0 Å². The summed E-state index contributed by atoms with van der Waals surface area (Å²) >= 11 is 0. The molecule has 0 amide bonds. The van der Waals surface area contributed by atoms with Gasteiger partial charge in [0.1, 0.15) is 0 Å². The van der Waals surface area contributed by atoms with Crippen LogP contribution >= 0.6 is 0 Å². The van der Waals surface area contributed by atoms with E-state index in [9.17, 15) is 0 Å². The summed E-state index contributed by atoms with van der Waals surface area (Å²) in [5, 5.41) is 7.59. The van der Waals surface area contributed by atoms with Crippen molar-refractivity contribution in [2.24, 2.45) is 0 Å². The molecule has 1 N–H and O–H groups in total. The molecule has 1 aromatic heterocycles. The molecule has 0 radical (unpaired) electrons. The van der Waals surface area contributed by atoms with E-state index in [4.69, 9.17) is 4.52 Å². The van der Waals surface area contributed by atoms with Crippen LogP contribution in [0.15, 0.2) is 28.8 Å². The van der Waals surface area contributed by atoms with Gasteiger partial charge in [0.15, 0.2) is 5.82 Å². The maximum absolute atomic E-state index is 5.48. The third-order valence-corrected chi connectivity index (χ3v) is 4.07. The fraction of sp³-hybridized carbons (Fsp3) is 0.500. The molecule has 2 unspecified atom stereocenters. The fourth-order valence-electron chi connectivity index (χ4n) is 2.84. The van der Waals surface area contributed by atoms with Gasteiger partial charge in [-0.1, -0.05) is 29.4 Å². The van der Waals surface area contributed by atoms with Crippen molar-refractivity contribution < 1.29 is 4.52 Å². The molecule has 0 aliphatic carbocycles. The molecule has 0 saturated carbocycles. The van der Waals surface area contributed by atoms with E-state index in [1.165, 1.54) is 11.1 Å². The molecule has 1 aliphatic rings. The van der Waals surface area contributed by atoms with E-state index < -0.39 is 0 Å². The van der Waals surface area contributed by atoms with Gasteiger partial charge in [-0.25, -0.2) is 0 Å². The summed E-state index contributed by atoms with van der Waals surface area (Å²) in [7, 11) is 0. The van der Waals surface area contributed by atoms with E-state index in [1.54, 1.807) is 0 Å². The lowest BCUT2D eigenvalue weighted by Crippen LogP contribution is -2.34. The lowest BCUT2D eigenvalue weighted by Gasteiger charge is -2.25. The van der Waals surface area contributed by atoms with Crippen LogP contribution in [0.4, 0.5) is 0 Å². The molecular weight excluding hydrogens is 250 g/mol. The number of nitrogens with zero attached hydrogens (tertiary/aromatic N) is 2. The van der Waals surface area contributed by atoms with Crippen LogP contribution in [0.25, 0.3) is 0 Å². The highest BCUT2D eigenvalue weighted by Crippen LogP contribution is 2.26. The summed E-state index contributed by atoms with van der Waals surface area (Å²) in [4.78, 5) is 4.60. The summed E-state index contributed by atoms with van der Waals surface area (Å²) in [6.07, 6.45) is 2.90. The van der Waals surface area contributed by atoms with Crippen molar-refractivity contribution in [2.75, 3.05) is 6.54 Å². The van der Waals surface area contributed by atoms with E-state index >= 15 is 0 Å². The normalized spacial score (nSPS) is 22.9. The van der Waals surface area contributed by atoms with E-state index in [2.05, 4.69) is 53.6 Å². The van der Waals surface area contributed by atoms with Gasteiger partial charge in [-0.15, -0.1) is 0 Å². The van der Waals surface area contributed by atoms with E-state index in [-0.39, 0.29) is 0 Å². The first-order valence-electron chi connectivity index (χ1n) is 7.32. The van der Waals surface area contributed by atoms with Gasteiger partial charge in [-0.3, -0.25) is 0 Å². The molecule has 2 aromatic rings. The molecule has 0 bridgehead atoms. The summed E-state index contributed by atoms with van der Waals surface area (Å²) in [6.45, 7) is 5.35. The van der Waals surface area contributed by atoms with Crippen LogP contribution in [0.2, 0.25) is 0 Å². The molecule has 2 atom stereocenters. The van der Waals surface area contributed by atoms with Crippen LogP contribution in [0.5, 0.6) is 0 Å². The Balaban J connectivity index is 1.72. The van der Waals surface area contributed by atoms with Gasteiger partial charge >= 0.3 is 0 Å². The molecule has 3 rings (SSSR count). The Bertz CT molecular complexity index is 579. The van der Waals surface area contributed by atoms with Crippen molar-refractivity contribution in [1.29, 1.82) is 0 Å². The molecule has 0 spiro atoms. The molecule has 1 aromatic carbocycles. The topological polar surface area (TPSA) is 51.0 Å². The number of hydrogen-bond acceptors (Lipinski definition) is 4. The van der Waals surface area contributed by atoms with Gasteiger partial charge in [-0.2, -0.15) is 4.98 Å². The zero-order valence-corrected chi connectivity index (χ0v) is 12.1. The Morgan fingerprint density at radius 3 is 3.00 bits per heavy atom. The second-order valence-corrected chi connectivity index (χ2v) is 5.73. The summed E-state index contributed by atoms with van der Waals surface area (Å²) in [5.41, 5.74) is 2.54. The third kappa shape index (κ3) is 2.90. The number of benzene rings is 1. The molecule has 1 fully saturated rings. The monoisotopic (exact) mass is 271 g/mol. The van der Waals surface area contributed by atoms with Crippen molar-refractivity contribution in [3.8, 4) is 0 Å². The highest BCUT2D eigenvalue weighted by Gasteiger charge is 2.24. The first-order valence-corrected chi connectivity index (χ1v) is 7.32. The van der Waals surface area contributed by atoms with Crippen LogP contribution in [0.3, 0.4) is 0 Å². The first-order chi connectivity index (χ1) is 9.72. The highest BCUT2D eigenvalue weighted by atomic mass is 16.5. The van der Waals surface area contributed by atoms with Crippen molar-refractivity contribution >= 4 is 0 Å². The van der Waals surface area contributed by atoms with Crippen LogP contribution in [0, 0.1) is 6.92 Å². The molecular formula is C16H21N3O. The fourth-order valence-corrected chi connectivity index (χ4v) is 2.84.